The van der Waals surface area contributed by atoms with Crippen molar-refractivity contribution < 1.29 is 4.79 Å². The molecular formula is C19H19N7O. The van der Waals surface area contributed by atoms with E-state index in [-0.39, 0.29) is 17.3 Å². The Balaban J connectivity index is 1.93. The third-order valence-electron chi connectivity index (χ3n) is 3.83. The standard InChI is InChI=1S/C19H19N7O/c20-6-8-24-19(27)16-5-1-4-15(26-16)18(22)13-9-17(25-11-14(13)21)12-3-2-7-23-10-12/h1-5,7,9-11,22H,6,8,20-21H2,(H,24,27). The Hall–Kier alpha value is -3.65. The molecule has 3 aromatic rings. The molecule has 0 aromatic carbocycles. The van der Waals surface area contributed by atoms with Gasteiger partial charge in [-0.1, -0.05) is 6.07 Å². The Labute approximate surface area is 156 Å². The summed E-state index contributed by atoms with van der Waals surface area (Å²) in [7, 11) is 0. The summed E-state index contributed by atoms with van der Waals surface area (Å²) in [6.45, 7) is 0.694. The van der Waals surface area contributed by atoms with Gasteiger partial charge in [0.1, 0.15) is 5.69 Å². The molecular weight excluding hydrogens is 342 g/mol. The second-order valence-corrected chi connectivity index (χ2v) is 5.73. The van der Waals surface area contributed by atoms with E-state index in [0.29, 0.717) is 35.7 Å². The molecule has 0 aliphatic rings. The predicted octanol–water partition coefficient (Wildman–Crippen LogP) is 1.23. The summed E-state index contributed by atoms with van der Waals surface area (Å²) >= 11 is 0. The molecule has 1 amide bonds. The van der Waals surface area contributed by atoms with E-state index >= 15 is 0 Å². The van der Waals surface area contributed by atoms with Gasteiger partial charge in [0.25, 0.3) is 5.91 Å². The summed E-state index contributed by atoms with van der Waals surface area (Å²) in [6, 6.07) is 10.3. The van der Waals surface area contributed by atoms with Crippen molar-refractivity contribution in [3.63, 3.8) is 0 Å². The predicted molar refractivity (Wildman–Crippen MR) is 103 cm³/mol. The van der Waals surface area contributed by atoms with Gasteiger partial charge in [-0.05, 0) is 30.3 Å². The van der Waals surface area contributed by atoms with Gasteiger partial charge in [0.05, 0.1) is 29.0 Å². The minimum absolute atomic E-state index is 0.105. The maximum Gasteiger partial charge on any atom is 0.269 e. The fourth-order valence-electron chi connectivity index (χ4n) is 2.47. The van der Waals surface area contributed by atoms with Crippen molar-refractivity contribution in [2.45, 2.75) is 0 Å². The minimum Gasteiger partial charge on any atom is -0.397 e. The highest BCUT2D eigenvalue weighted by atomic mass is 16.1. The molecule has 0 unspecified atom stereocenters. The number of carbonyl (C=O) groups is 1. The molecule has 0 spiro atoms. The lowest BCUT2D eigenvalue weighted by Crippen LogP contribution is -2.30. The molecule has 0 saturated heterocycles. The Morgan fingerprint density at radius 1 is 1.15 bits per heavy atom. The molecule has 0 atom stereocenters. The Kier molecular flexibility index (Phi) is 5.48. The Morgan fingerprint density at radius 2 is 1.96 bits per heavy atom. The molecule has 0 aliphatic carbocycles. The number of nitrogens with two attached hydrogens (primary N) is 2. The zero-order valence-corrected chi connectivity index (χ0v) is 14.5. The third-order valence-corrected chi connectivity index (χ3v) is 3.83. The van der Waals surface area contributed by atoms with Crippen LogP contribution in [-0.2, 0) is 0 Å². The molecule has 8 heteroatoms. The molecule has 136 valence electrons. The smallest absolute Gasteiger partial charge is 0.269 e. The number of nitrogen functional groups attached to an aromatic ring is 1. The van der Waals surface area contributed by atoms with Crippen molar-refractivity contribution >= 4 is 17.3 Å². The second kappa shape index (κ2) is 8.15. The van der Waals surface area contributed by atoms with Crippen LogP contribution in [0.5, 0.6) is 0 Å². The first kappa shape index (κ1) is 18.2. The number of hydrogen-bond donors (Lipinski definition) is 4. The lowest BCUT2D eigenvalue weighted by Gasteiger charge is -2.10. The van der Waals surface area contributed by atoms with Gasteiger partial charge in [-0.3, -0.25) is 20.2 Å². The van der Waals surface area contributed by atoms with Crippen molar-refractivity contribution in [2.24, 2.45) is 5.73 Å². The first-order chi connectivity index (χ1) is 13.1. The highest BCUT2D eigenvalue weighted by Crippen LogP contribution is 2.22. The lowest BCUT2D eigenvalue weighted by atomic mass is 10.0. The topological polar surface area (TPSA) is 144 Å². The summed E-state index contributed by atoms with van der Waals surface area (Å²) in [6.07, 6.45) is 4.87. The highest BCUT2D eigenvalue weighted by Gasteiger charge is 2.15. The number of rotatable bonds is 6. The van der Waals surface area contributed by atoms with Gasteiger partial charge in [0.15, 0.2) is 0 Å². The van der Waals surface area contributed by atoms with E-state index in [4.69, 9.17) is 16.9 Å². The van der Waals surface area contributed by atoms with Gasteiger partial charge >= 0.3 is 0 Å². The van der Waals surface area contributed by atoms with Crippen molar-refractivity contribution in [3.8, 4) is 11.3 Å². The zero-order chi connectivity index (χ0) is 19.2. The molecule has 27 heavy (non-hydrogen) atoms. The number of amides is 1. The number of nitrogens with zero attached hydrogens (tertiary/aromatic N) is 3. The van der Waals surface area contributed by atoms with Crippen molar-refractivity contribution in [3.05, 3.63) is 71.9 Å². The molecule has 6 N–H and O–H groups in total. The Bertz CT molecular complexity index is 973. The molecule has 3 heterocycles. The fourth-order valence-corrected chi connectivity index (χ4v) is 2.47. The highest BCUT2D eigenvalue weighted by molar-refractivity contribution is 6.13. The number of hydrogen-bond acceptors (Lipinski definition) is 7. The SMILES string of the molecule is N=C(c1cccc(C(=O)NCCN)n1)c1cc(-c2cccnc2)ncc1N. The van der Waals surface area contributed by atoms with Crippen molar-refractivity contribution in [2.75, 3.05) is 18.8 Å². The third kappa shape index (κ3) is 4.13. The van der Waals surface area contributed by atoms with Crippen LogP contribution in [-0.4, -0.2) is 39.7 Å². The van der Waals surface area contributed by atoms with E-state index in [1.165, 1.54) is 6.20 Å². The van der Waals surface area contributed by atoms with Crippen LogP contribution in [0.25, 0.3) is 11.3 Å². The molecule has 0 bridgehead atoms. The summed E-state index contributed by atoms with van der Waals surface area (Å²) in [5, 5.41) is 11.2. The van der Waals surface area contributed by atoms with E-state index in [1.54, 1.807) is 36.7 Å². The molecule has 0 radical (unpaired) electrons. The van der Waals surface area contributed by atoms with Crippen LogP contribution in [0.3, 0.4) is 0 Å². The van der Waals surface area contributed by atoms with Gasteiger partial charge in [0.2, 0.25) is 0 Å². The van der Waals surface area contributed by atoms with Crippen LogP contribution in [0.1, 0.15) is 21.7 Å². The van der Waals surface area contributed by atoms with Crippen LogP contribution in [0.4, 0.5) is 5.69 Å². The van der Waals surface area contributed by atoms with Crippen LogP contribution < -0.4 is 16.8 Å². The molecule has 8 nitrogen and oxygen atoms in total. The minimum atomic E-state index is -0.339. The van der Waals surface area contributed by atoms with E-state index < -0.39 is 0 Å². The van der Waals surface area contributed by atoms with Gasteiger partial charge in [-0.25, -0.2) is 4.98 Å². The zero-order valence-electron chi connectivity index (χ0n) is 14.5. The molecule has 3 aromatic heterocycles. The number of pyridine rings is 3. The molecule has 3 rings (SSSR count). The van der Waals surface area contributed by atoms with E-state index in [2.05, 4.69) is 20.3 Å². The second-order valence-electron chi connectivity index (χ2n) is 5.73. The monoisotopic (exact) mass is 361 g/mol. The normalized spacial score (nSPS) is 10.4. The summed E-state index contributed by atoms with van der Waals surface area (Å²) in [5.74, 6) is -0.339. The maximum absolute atomic E-state index is 12.1. The number of aromatic nitrogens is 3. The number of anilines is 1. The molecule has 0 saturated carbocycles. The van der Waals surface area contributed by atoms with Gasteiger partial charge in [-0.2, -0.15) is 0 Å². The van der Waals surface area contributed by atoms with Crippen LogP contribution >= 0.6 is 0 Å². The lowest BCUT2D eigenvalue weighted by molar-refractivity contribution is 0.0949. The van der Waals surface area contributed by atoms with Crippen LogP contribution in [0.2, 0.25) is 0 Å². The first-order valence-corrected chi connectivity index (χ1v) is 8.30. The van der Waals surface area contributed by atoms with Crippen molar-refractivity contribution in [1.82, 2.24) is 20.3 Å². The van der Waals surface area contributed by atoms with Crippen LogP contribution in [0, 0.1) is 5.41 Å². The summed E-state index contributed by atoms with van der Waals surface area (Å²) in [4.78, 5) is 24.7. The Morgan fingerprint density at radius 3 is 2.70 bits per heavy atom. The molecule has 0 fully saturated rings. The van der Waals surface area contributed by atoms with Crippen LogP contribution in [0.15, 0.2) is 55.0 Å². The fraction of sp³-hybridized carbons (Fsp3) is 0.105. The average Bonchev–Trinajstić information content (AvgIpc) is 2.72. The summed E-state index contributed by atoms with van der Waals surface area (Å²) in [5.41, 5.74) is 14.4. The number of carbonyl (C=O) groups excluding carboxylic acids is 1. The molecule has 0 aliphatic heterocycles. The quantitative estimate of drug-likeness (QED) is 0.486. The van der Waals surface area contributed by atoms with Gasteiger partial charge in [-0.15, -0.1) is 0 Å². The van der Waals surface area contributed by atoms with E-state index in [0.717, 1.165) is 5.56 Å². The average molecular weight is 361 g/mol. The van der Waals surface area contributed by atoms with Crippen molar-refractivity contribution in [1.29, 1.82) is 5.41 Å². The van der Waals surface area contributed by atoms with E-state index in [9.17, 15) is 4.79 Å². The number of nitrogens with one attached hydrogen (secondary N) is 2. The maximum atomic E-state index is 12.1. The van der Waals surface area contributed by atoms with E-state index in [1.807, 2.05) is 12.1 Å². The first-order valence-electron chi connectivity index (χ1n) is 8.30. The largest absolute Gasteiger partial charge is 0.397 e. The van der Waals surface area contributed by atoms with Gasteiger partial charge < -0.3 is 16.8 Å². The summed E-state index contributed by atoms with van der Waals surface area (Å²) < 4.78 is 0. The van der Waals surface area contributed by atoms with Gasteiger partial charge in [0, 0.05) is 36.6 Å².